The number of fused-ring (bicyclic) bond motifs is 4. The number of nitrogens with zero attached hydrogens (tertiary/aromatic N) is 5. The van der Waals surface area contributed by atoms with E-state index in [1.165, 1.54) is 30.6 Å². The first-order valence-corrected chi connectivity index (χ1v) is 12.4. The summed E-state index contributed by atoms with van der Waals surface area (Å²) in [7, 11) is 0. The van der Waals surface area contributed by atoms with Gasteiger partial charge in [-0.1, -0.05) is 12.1 Å². The number of hydrogen-bond donors (Lipinski definition) is 3. The van der Waals surface area contributed by atoms with Crippen molar-refractivity contribution in [2.75, 3.05) is 41.4 Å². The van der Waals surface area contributed by atoms with Crippen molar-refractivity contribution in [1.82, 2.24) is 15.0 Å². The number of aryl methyl sites for hydroxylation is 1. The zero-order chi connectivity index (χ0) is 27.7. The highest BCUT2D eigenvalue weighted by Gasteiger charge is 2.40. The van der Waals surface area contributed by atoms with Crippen LogP contribution in [0.5, 0.6) is 5.75 Å². The molecule has 2 bridgehead atoms. The highest BCUT2D eigenvalue weighted by Crippen LogP contribution is 2.41. The molecule has 0 saturated carbocycles. The van der Waals surface area contributed by atoms with Gasteiger partial charge in [0.25, 0.3) is 0 Å². The van der Waals surface area contributed by atoms with Crippen LogP contribution in [0.2, 0.25) is 0 Å². The number of amides is 2. The van der Waals surface area contributed by atoms with E-state index >= 15 is 0 Å². The molecule has 3 N–H and O–H groups in total. The molecule has 0 spiro atoms. The fourth-order valence-electron chi connectivity index (χ4n) is 4.85. The number of rotatable bonds is 6. The Labute approximate surface area is 222 Å². The Bertz CT molecular complexity index is 1370. The van der Waals surface area contributed by atoms with Gasteiger partial charge in [0.15, 0.2) is 11.6 Å². The van der Waals surface area contributed by atoms with Crippen molar-refractivity contribution in [3.63, 3.8) is 0 Å². The zero-order valence-corrected chi connectivity index (χ0v) is 21.0. The summed E-state index contributed by atoms with van der Waals surface area (Å²) in [4.78, 5) is 30.5. The minimum Gasteiger partial charge on any atom is -0.489 e. The highest BCUT2D eigenvalue weighted by atomic mass is 19.4. The number of benzene rings is 1. The first-order chi connectivity index (χ1) is 18.6. The molecule has 2 amide bonds. The number of carbonyl (C=O) groups is 1. The van der Waals surface area contributed by atoms with Crippen LogP contribution in [0.15, 0.2) is 42.7 Å². The van der Waals surface area contributed by atoms with E-state index in [4.69, 9.17) is 9.84 Å². The predicted molar refractivity (Wildman–Crippen MR) is 137 cm³/mol. The van der Waals surface area contributed by atoms with E-state index in [9.17, 15) is 23.1 Å². The van der Waals surface area contributed by atoms with Crippen LogP contribution in [-0.4, -0.2) is 69.6 Å². The Balaban J connectivity index is 1.48. The molecule has 10 nitrogen and oxygen atoms in total. The minimum absolute atomic E-state index is 0.0934. The number of carbonyl (C=O) groups excluding carboxylic acids is 1. The van der Waals surface area contributed by atoms with Crippen molar-refractivity contribution >= 4 is 23.2 Å². The second kappa shape index (κ2) is 10.7. The van der Waals surface area contributed by atoms with E-state index in [-0.39, 0.29) is 29.8 Å². The summed E-state index contributed by atoms with van der Waals surface area (Å²) in [6.45, 7) is 2.49. The molecule has 2 aromatic heterocycles. The standard InChI is InChI=1S/C26H27F3N6O4/c1-15-22-24(33-23(31-15)16-4-2-5-17(8-16)26(27,28)29)35(19-6-3-7-34(22)12-19)25(38)32-18-9-21(11-30-10-18)39-14-20(37)13-36/h2,4-5,8-11,19-20,36-37H,3,6-7,12-14H2,1H3,(H,32,38)/t19-,20?/m0/s1. The second-order valence-electron chi connectivity index (χ2n) is 9.48. The Hall–Kier alpha value is -3.97. The third-order valence-corrected chi connectivity index (χ3v) is 6.63. The van der Waals surface area contributed by atoms with E-state index in [0.29, 0.717) is 29.4 Å². The summed E-state index contributed by atoms with van der Waals surface area (Å²) in [5, 5.41) is 21.3. The lowest BCUT2D eigenvalue weighted by Crippen LogP contribution is -2.56. The maximum absolute atomic E-state index is 13.6. The molecular formula is C26H27F3N6O4. The van der Waals surface area contributed by atoms with Gasteiger partial charge in [-0.3, -0.25) is 9.88 Å². The average Bonchev–Trinajstić information content (AvgIpc) is 2.91. The van der Waals surface area contributed by atoms with Crippen LogP contribution in [0.25, 0.3) is 11.4 Å². The molecule has 0 radical (unpaired) electrons. The summed E-state index contributed by atoms with van der Waals surface area (Å²) < 4.78 is 45.5. The minimum atomic E-state index is -4.52. The molecule has 4 heterocycles. The molecule has 2 aliphatic heterocycles. The van der Waals surface area contributed by atoms with E-state index in [1.54, 1.807) is 11.8 Å². The summed E-state index contributed by atoms with van der Waals surface area (Å²) >= 11 is 0. The van der Waals surface area contributed by atoms with Gasteiger partial charge >= 0.3 is 12.2 Å². The summed E-state index contributed by atoms with van der Waals surface area (Å²) in [5.41, 5.74) is 0.950. The molecule has 2 aliphatic rings. The topological polar surface area (TPSA) is 124 Å². The number of urea groups is 1. The van der Waals surface area contributed by atoms with Crippen molar-refractivity contribution in [1.29, 1.82) is 0 Å². The Morgan fingerprint density at radius 1 is 1.26 bits per heavy atom. The van der Waals surface area contributed by atoms with Crippen molar-refractivity contribution in [3.8, 4) is 17.1 Å². The first kappa shape index (κ1) is 26.6. The van der Waals surface area contributed by atoms with Gasteiger partial charge < -0.3 is 25.2 Å². The second-order valence-corrected chi connectivity index (χ2v) is 9.48. The molecule has 2 atom stereocenters. The highest BCUT2D eigenvalue weighted by molar-refractivity contribution is 6.04. The lowest BCUT2D eigenvalue weighted by atomic mass is 9.99. The molecule has 5 rings (SSSR count). The van der Waals surface area contributed by atoms with Crippen LogP contribution in [0.4, 0.5) is 35.2 Å². The van der Waals surface area contributed by atoms with Gasteiger partial charge in [0.1, 0.15) is 24.1 Å². The molecule has 1 unspecified atom stereocenters. The van der Waals surface area contributed by atoms with Crippen molar-refractivity contribution < 1.29 is 32.9 Å². The van der Waals surface area contributed by atoms with Gasteiger partial charge in [-0.15, -0.1) is 0 Å². The molecule has 1 aromatic carbocycles. The van der Waals surface area contributed by atoms with Crippen LogP contribution in [0.1, 0.15) is 24.1 Å². The van der Waals surface area contributed by atoms with Gasteiger partial charge in [0.2, 0.25) is 0 Å². The summed E-state index contributed by atoms with van der Waals surface area (Å²) in [6.07, 6.45) is -1.16. The smallest absolute Gasteiger partial charge is 0.416 e. The fraction of sp³-hybridized carbons (Fsp3) is 0.385. The molecule has 1 saturated heterocycles. The van der Waals surface area contributed by atoms with Crippen molar-refractivity contribution in [3.05, 3.63) is 54.0 Å². The molecule has 3 aromatic rings. The van der Waals surface area contributed by atoms with Gasteiger partial charge in [0, 0.05) is 24.7 Å². The maximum Gasteiger partial charge on any atom is 0.416 e. The Kier molecular flexibility index (Phi) is 7.28. The number of aromatic nitrogens is 3. The van der Waals surface area contributed by atoms with E-state index in [2.05, 4.69) is 25.2 Å². The number of hydrogen-bond acceptors (Lipinski definition) is 8. The van der Waals surface area contributed by atoms with Crippen LogP contribution < -0.4 is 19.9 Å². The zero-order valence-electron chi connectivity index (χ0n) is 21.0. The Morgan fingerprint density at radius 3 is 2.85 bits per heavy atom. The van der Waals surface area contributed by atoms with Crippen LogP contribution in [0, 0.1) is 6.92 Å². The SMILES string of the molecule is Cc1nc(-c2cccc(C(F)(F)F)c2)nc2c1N1CCC[C@@H](C1)N2C(=O)Nc1cncc(OCC(O)CO)c1. The number of aliphatic hydroxyl groups excluding tert-OH is 2. The van der Waals surface area contributed by atoms with Crippen molar-refractivity contribution in [2.45, 2.75) is 38.1 Å². The van der Waals surface area contributed by atoms with Crippen molar-refractivity contribution in [2.24, 2.45) is 0 Å². The molecular weight excluding hydrogens is 517 g/mol. The van der Waals surface area contributed by atoms with Crippen LogP contribution in [-0.2, 0) is 6.18 Å². The van der Waals surface area contributed by atoms with Gasteiger partial charge in [-0.2, -0.15) is 13.2 Å². The lowest BCUT2D eigenvalue weighted by molar-refractivity contribution is -0.137. The largest absolute Gasteiger partial charge is 0.489 e. The molecule has 1 fully saturated rings. The summed E-state index contributed by atoms with van der Waals surface area (Å²) in [5.74, 6) is 0.707. The number of anilines is 3. The maximum atomic E-state index is 13.6. The van der Waals surface area contributed by atoms with Gasteiger partial charge in [-0.05, 0) is 31.9 Å². The number of piperidine rings is 1. The quantitative estimate of drug-likeness (QED) is 0.430. The average molecular weight is 545 g/mol. The number of nitrogens with one attached hydrogen (secondary N) is 1. The molecule has 13 heteroatoms. The number of pyridine rings is 1. The number of aliphatic hydroxyl groups is 2. The fourth-order valence-corrected chi connectivity index (χ4v) is 4.85. The Morgan fingerprint density at radius 2 is 2.08 bits per heavy atom. The lowest BCUT2D eigenvalue weighted by Gasteiger charge is -2.46. The molecule has 39 heavy (non-hydrogen) atoms. The van der Waals surface area contributed by atoms with Gasteiger partial charge in [0.05, 0.1) is 42.0 Å². The van der Waals surface area contributed by atoms with Crippen LogP contribution in [0.3, 0.4) is 0 Å². The predicted octanol–water partition coefficient (Wildman–Crippen LogP) is 3.62. The number of ether oxygens (including phenoxy) is 1. The number of alkyl halides is 3. The normalized spacial score (nSPS) is 17.4. The third-order valence-electron chi connectivity index (χ3n) is 6.63. The molecule has 206 valence electrons. The molecule has 0 aliphatic carbocycles. The summed E-state index contributed by atoms with van der Waals surface area (Å²) in [6, 6.07) is 5.65. The van der Waals surface area contributed by atoms with E-state index < -0.39 is 30.5 Å². The van der Waals surface area contributed by atoms with Gasteiger partial charge in [-0.25, -0.2) is 14.8 Å². The van der Waals surface area contributed by atoms with E-state index in [0.717, 1.165) is 31.5 Å². The number of halogens is 3. The van der Waals surface area contributed by atoms with Crippen LogP contribution >= 0.6 is 0 Å². The first-order valence-electron chi connectivity index (χ1n) is 12.4. The third kappa shape index (κ3) is 5.59. The van der Waals surface area contributed by atoms with E-state index in [1.807, 2.05) is 0 Å². The monoisotopic (exact) mass is 544 g/mol.